The summed E-state index contributed by atoms with van der Waals surface area (Å²) in [7, 11) is 0. The molecule has 0 heterocycles. The highest BCUT2D eigenvalue weighted by Gasteiger charge is 2.36. The summed E-state index contributed by atoms with van der Waals surface area (Å²) in [6.07, 6.45) is 12.4. The summed E-state index contributed by atoms with van der Waals surface area (Å²) in [5.74, 6) is 1.71. The van der Waals surface area contributed by atoms with Gasteiger partial charge < -0.3 is 10.1 Å². The van der Waals surface area contributed by atoms with Crippen molar-refractivity contribution >= 4 is 0 Å². The zero-order valence-electron chi connectivity index (χ0n) is 13.9. The summed E-state index contributed by atoms with van der Waals surface area (Å²) in [5.41, 5.74) is 0.136. The lowest BCUT2D eigenvalue weighted by Gasteiger charge is -2.41. The van der Waals surface area contributed by atoms with Gasteiger partial charge >= 0.3 is 0 Å². The Labute approximate surface area is 126 Å². The number of rotatable bonds is 5. The average molecular weight is 281 g/mol. The normalized spacial score (nSPS) is 34.6. The van der Waals surface area contributed by atoms with E-state index in [0.717, 1.165) is 24.9 Å². The Bertz CT molecular complexity index is 271. The third kappa shape index (κ3) is 4.46. The Kier molecular flexibility index (Phi) is 6.35. The minimum atomic E-state index is 0.136. The van der Waals surface area contributed by atoms with Crippen LogP contribution < -0.4 is 5.32 Å². The van der Waals surface area contributed by atoms with Gasteiger partial charge in [-0.3, -0.25) is 0 Å². The molecule has 2 rings (SSSR count). The molecule has 1 N–H and O–H groups in total. The molecule has 2 aliphatic rings. The quantitative estimate of drug-likeness (QED) is 0.748. The van der Waals surface area contributed by atoms with Gasteiger partial charge in [0.05, 0.1) is 11.7 Å². The van der Waals surface area contributed by atoms with Crippen molar-refractivity contribution in [2.45, 2.75) is 90.3 Å². The molecule has 3 atom stereocenters. The van der Waals surface area contributed by atoms with Crippen molar-refractivity contribution in [1.29, 1.82) is 0 Å². The number of hydrogen-bond donors (Lipinski definition) is 1. The topological polar surface area (TPSA) is 21.3 Å². The van der Waals surface area contributed by atoms with Crippen molar-refractivity contribution in [2.75, 3.05) is 13.1 Å². The number of nitrogens with one attached hydrogen (secondary N) is 1. The molecule has 20 heavy (non-hydrogen) atoms. The molecule has 3 unspecified atom stereocenters. The van der Waals surface area contributed by atoms with E-state index in [1.165, 1.54) is 57.8 Å². The van der Waals surface area contributed by atoms with E-state index in [0.29, 0.717) is 6.10 Å². The van der Waals surface area contributed by atoms with E-state index in [9.17, 15) is 0 Å². The van der Waals surface area contributed by atoms with E-state index in [4.69, 9.17) is 4.74 Å². The lowest BCUT2D eigenvalue weighted by Crippen LogP contribution is -2.46. The van der Waals surface area contributed by atoms with Gasteiger partial charge in [0.25, 0.3) is 0 Å². The smallest absolute Gasteiger partial charge is 0.0810 e. The SMILES string of the molecule is CCNCC1(OC2CCC(C)C(C)C2)CCCCCC1. The van der Waals surface area contributed by atoms with Gasteiger partial charge in [-0.15, -0.1) is 0 Å². The fraction of sp³-hybridized carbons (Fsp3) is 1.00. The van der Waals surface area contributed by atoms with E-state index in [1.807, 2.05) is 0 Å². The van der Waals surface area contributed by atoms with Crippen LogP contribution in [-0.4, -0.2) is 24.8 Å². The van der Waals surface area contributed by atoms with Gasteiger partial charge in [-0.25, -0.2) is 0 Å². The summed E-state index contributed by atoms with van der Waals surface area (Å²) in [4.78, 5) is 0. The van der Waals surface area contributed by atoms with Crippen LogP contribution in [0.25, 0.3) is 0 Å². The lowest BCUT2D eigenvalue weighted by molar-refractivity contribution is -0.121. The Morgan fingerprint density at radius 1 is 1.00 bits per heavy atom. The Hall–Kier alpha value is -0.0800. The van der Waals surface area contributed by atoms with Crippen molar-refractivity contribution in [3.05, 3.63) is 0 Å². The highest BCUT2D eigenvalue weighted by Crippen LogP contribution is 2.37. The first-order chi connectivity index (χ1) is 9.65. The second-order valence-electron chi connectivity index (χ2n) is 7.39. The molecule has 0 aromatic rings. The van der Waals surface area contributed by atoms with Gasteiger partial charge in [0, 0.05) is 6.54 Å². The van der Waals surface area contributed by atoms with Crippen molar-refractivity contribution in [2.24, 2.45) is 11.8 Å². The van der Waals surface area contributed by atoms with E-state index in [2.05, 4.69) is 26.1 Å². The van der Waals surface area contributed by atoms with Gasteiger partial charge in [0.15, 0.2) is 0 Å². The summed E-state index contributed by atoms with van der Waals surface area (Å²) < 4.78 is 6.76. The molecule has 0 aromatic heterocycles. The number of likely N-dealkylation sites (N-methyl/N-ethyl adjacent to an activating group) is 1. The molecule has 0 aliphatic heterocycles. The molecule has 2 nitrogen and oxygen atoms in total. The minimum absolute atomic E-state index is 0.136. The predicted octanol–water partition coefficient (Wildman–Crippen LogP) is 4.53. The van der Waals surface area contributed by atoms with Gasteiger partial charge in [-0.2, -0.15) is 0 Å². The first-order valence-electron chi connectivity index (χ1n) is 9.04. The molecule has 2 aliphatic carbocycles. The zero-order valence-corrected chi connectivity index (χ0v) is 13.9. The maximum absolute atomic E-state index is 6.76. The molecule has 0 spiro atoms. The largest absolute Gasteiger partial charge is 0.370 e. The van der Waals surface area contributed by atoms with E-state index < -0.39 is 0 Å². The minimum Gasteiger partial charge on any atom is -0.370 e. The van der Waals surface area contributed by atoms with Crippen LogP contribution in [0.5, 0.6) is 0 Å². The average Bonchev–Trinajstić information content (AvgIpc) is 2.67. The van der Waals surface area contributed by atoms with E-state index in [1.54, 1.807) is 0 Å². The third-order valence-electron chi connectivity index (χ3n) is 5.68. The summed E-state index contributed by atoms with van der Waals surface area (Å²) in [6, 6.07) is 0. The van der Waals surface area contributed by atoms with Crippen LogP contribution >= 0.6 is 0 Å². The molecule has 0 aromatic carbocycles. The molecular formula is C18H35NO. The summed E-state index contributed by atoms with van der Waals surface area (Å²) in [5, 5.41) is 3.57. The van der Waals surface area contributed by atoms with Gasteiger partial charge in [-0.1, -0.05) is 46.5 Å². The molecule has 0 amide bonds. The molecule has 2 saturated carbocycles. The zero-order chi connectivity index (χ0) is 14.4. The molecule has 0 bridgehead atoms. The predicted molar refractivity (Wildman–Crippen MR) is 86.0 cm³/mol. The monoisotopic (exact) mass is 281 g/mol. The van der Waals surface area contributed by atoms with Crippen molar-refractivity contribution in [3.8, 4) is 0 Å². The fourth-order valence-electron chi connectivity index (χ4n) is 4.02. The molecular weight excluding hydrogens is 246 g/mol. The van der Waals surface area contributed by atoms with Crippen LogP contribution in [0.4, 0.5) is 0 Å². The lowest BCUT2D eigenvalue weighted by atomic mass is 9.79. The Morgan fingerprint density at radius 2 is 1.70 bits per heavy atom. The van der Waals surface area contributed by atoms with Crippen LogP contribution in [-0.2, 0) is 4.74 Å². The highest BCUT2D eigenvalue weighted by molar-refractivity contribution is 4.88. The Balaban J connectivity index is 1.95. The molecule has 118 valence electrons. The van der Waals surface area contributed by atoms with Crippen LogP contribution in [0.3, 0.4) is 0 Å². The standard InChI is InChI=1S/C18H35NO/c1-4-19-14-18(11-7-5-6-8-12-18)20-17-10-9-15(2)16(3)13-17/h15-17,19H,4-14H2,1-3H3. The fourth-order valence-corrected chi connectivity index (χ4v) is 4.02. The van der Waals surface area contributed by atoms with Gasteiger partial charge in [-0.05, 0) is 50.5 Å². The van der Waals surface area contributed by atoms with E-state index >= 15 is 0 Å². The molecule has 0 radical (unpaired) electrons. The van der Waals surface area contributed by atoms with Crippen molar-refractivity contribution < 1.29 is 4.74 Å². The van der Waals surface area contributed by atoms with Gasteiger partial charge in [0.1, 0.15) is 0 Å². The first kappa shape index (κ1) is 16.3. The maximum atomic E-state index is 6.76. The van der Waals surface area contributed by atoms with E-state index in [-0.39, 0.29) is 5.60 Å². The molecule has 2 heteroatoms. The van der Waals surface area contributed by atoms with Crippen LogP contribution in [0, 0.1) is 11.8 Å². The van der Waals surface area contributed by atoms with Crippen molar-refractivity contribution in [3.63, 3.8) is 0 Å². The van der Waals surface area contributed by atoms with Gasteiger partial charge in [0.2, 0.25) is 0 Å². The number of hydrogen-bond acceptors (Lipinski definition) is 2. The van der Waals surface area contributed by atoms with Crippen LogP contribution in [0.2, 0.25) is 0 Å². The highest BCUT2D eigenvalue weighted by atomic mass is 16.5. The van der Waals surface area contributed by atoms with Crippen LogP contribution in [0.1, 0.15) is 78.6 Å². The number of ether oxygens (including phenoxy) is 1. The molecule has 0 saturated heterocycles. The molecule has 2 fully saturated rings. The van der Waals surface area contributed by atoms with Crippen LogP contribution in [0.15, 0.2) is 0 Å². The maximum Gasteiger partial charge on any atom is 0.0810 e. The Morgan fingerprint density at radius 3 is 2.30 bits per heavy atom. The second-order valence-corrected chi connectivity index (χ2v) is 7.39. The van der Waals surface area contributed by atoms with Crippen molar-refractivity contribution in [1.82, 2.24) is 5.32 Å². The summed E-state index contributed by atoms with van der Waals surface area (Å²) in [6.45, 7) is 9.13. The summed E-state index contributed by atoms with van der Waals surface area (Å²) >= 11 is 0. The second kappa shape index (κ2) is 7.79. The first-order valence-corrected chi connectivity index (χ1v) is 9.04. The third-order valence-corrected chi connectivity index (χ3v) is 5.68.